The first-order valence-corrected chi connectivity index (χ1v) is 10.4. The van der Waals surface area contributed by atoms with E-state index >= 15 is 0 Å². The van der Waals surface area contributed by atoms with Crippen molar-refractivity contribution < 1.29 is 14.4 Å². The summed E-state index contributed by atoms with van der Waals surface area (Å²) in [6.45, 7) is 1.92. The van der Waals surface area contributed by atoms with Crippen LogP contribution in [0.25, 0.3) is 33.8 Å². The molecule has 1 amide bonds. The van der Waals surface area contributed by atoms with E-state index in [9.17, 15) is 9.18 Å². The Labute approximate surface area is 184 Å². The first kappa shape index (κ1) is 20.0. The van der Waals surface area contributed by atoms with E-state index in [0.717, 1.165) is 33.5 Å². The molecule has 158 valence electrons. The lowest BCUT2D eigenvalue weighted by Gasteiger charge is -2.07. The van der Waals surface area contributed by atoms with Crippen molar-refractivity contribution in [2.24, 2.45) is 0 Å². The highest BCUT2D eigenvalue weighted by molar-refractivity contribution is 6.08. The predicted molar refractivity (Wildman–Crippen MR) is 125 cm³/mol. The minimum absolute atomic E-state index is 0.0181. The number of aromatic nitrogens is 1. The molecule has 2 N–H and O–H groups in total. The summed E-state index contributed by atoms with van der Waals surface area (Å²) in [5.41, 5.74) is 9.01. The van der Waals surface area contributed by atoms with Crippen molar-refractivity contribution in [3.8, 4) is 5.69 Å². The van der Waals surface area contributed by atoms with Crippen LogP contribution in [0.2, 0.25) is 0 Å². The molecule has 1 aliphatic carbocycles. The third kappa shape index (κ3) is 3.43. The van der Waals surface area contributed by atoms with Crippen molar-refractivity contribution in [2.75, 3.05) is 0 Å². The third-order valence-electron chi connectivity index (χ3n) is 6.00. The van der Waals surface area contributed by atoms with Gasteiger partial charge in [0.25, 0.3) is 0 Å². The van der Waals surface area contributed by atoms with Gasteiger partial charge in [0.05, 0.1) is 11.9 Å². The molecule has 32 heavy (non-hydrogen) atoms. The number of hydrogen-bond donors (Lipinski definition) is 2. The Bertz CT molecular complexity index is 1410. The first-order chi connectivity index (χ1) is 15.5. The zero-order chi connectivity index (χ0) is 22.2. The molecule has 5 rings (SSSR count). The number of fused-ring (bicyclic) bond motifs is 2. The second kappa shape index (κ2) is 7.94. The number of amides is 1. The van der Waals surface area contributed by atoms with E-state index in [1.54, 1.807) is 11.5 Å². The van der Waals surface area contributed by atoms with Crippen molar-refractivity contribution in [3.63, 3.8) is 0 Å². The van der Waals surface area contributed by atoms with E-state index < -0.39 is 5.91 Å². The largest absolute Gasteiger partial charge is 0.317 e. The molecule has 0 unspecified atom stereocenters. The Kier molecular flexibility index (Phi) is 4.96. The van der Waals surface area contributed by atoms with E-state index in [4.69, 9.17) is 5.21 Å². The highest BCUT2D eigenvalue weighted by Gasteiger charge is 2.25. The highest BCUT2D eigenvalue weighted by Crippen LogP contribution is 2.43. The molecule has 0 radical (unpaired) electrons. The molecule has 0 bridgehead atoms. The zero-order valence-electron chi connectivity index (χ0n) is 17.5. The first-order valence-electron chi connectivity index (χ1n) is 10.4. The van der Waals surface area contributed by atoms with Crippen LogP contribution in [0.4, 0.5) is 4.39 Å². The van der Waals surface area contributed by atoms with Gasteiger partial charge in [-0.1, -0.05) is 36.4 Å². The number of rotatable bonds is 4. The molecular formula is C27H21FN2O2. The van der Waals surface area contributed by atoms with Crippen LogP contribution in [0.1, 0.15) is 30.0 Å². The number of carbonyl (C=O) groups excluding carboxylic acids is 1. The summed E-state index contributed by atoms with van der Waals surface area (Å²) >= 11 is 0. The van der Waals surface area contributed by atoms with Crippen LogP contribution in [0.15, 0.2) is 84.6 Å². The van der Waals surface area contributed by atoms with Crippen LogP contribution in [0.3, 0.4) is 0 Å². The summed E-state index contributed by atoms with van der Waals surface area (Å²) < 4.78 is 16.1. The molecule has 0 saturated heterocycles. The average Bonchev–Trinajstić information content (AvgIpc) is 3.34. The van der Waals surface area contributed by atoms with Gasteiger partial charge in [-0.25, -0.2) is 9.87 Å². The van der Waals surface area contributed by atoms with E-state index in [-0.39, 0.29) is 12.2 Å². The lowest BCUT2D eigenvalue weighted by atomic mass is 10.0. The normalized spacial score (nSPS) is 14.3. The molecule has 3 aromatic carbocycles. The van der Waals surface area contributed by atoms with Crippen molar-refractivity contribution in [3.05, 3.63) is 107 Å². The third-order valence-corrected chi connectivity index (χ3v) is 6.00. The minimum atomic E-state index is -0.529. The molecular weight excluding hydrogens is 403 g/mol. The molecule has 4 aromatic rings. The lowest BCUT2D eigenvalue weighted by molar-refractivity contribution is -0.128. The maximum Gasteiger partial charge on any atom is 0.247 e. The number of nitrogens with zero attached hydrogens (tertiary/aromatic N) is 1. The number of para-hydroxylation sites is 1. The topological polar surface area (TPSA) is 54.3 Å². The number of hydrogen-bond acceptors (Lipinski definition) is 2. The average molecular weight is 424 g/mol. The van der Waals surface area contributed by atoms with Crippen LogP contribution in [0, 0.1) is 5.82 Å². The number of nitrogens with one attached hydrogen (secondary N) is 1. The molecule has 0 fully saturated rings. The number of benzene rings is 3. The predicted octanol–water partition coefficient (Wildman–Crippen LogP) is 5.99. The fourth-order valence-corrected chi connectivity index (χ4v) is 4.39. The standard InChI is InChI=1S/C27H21FN2O2/c1-17-23(22-11-8-20(28)15-25(22)24(17)16-27(31)29-32)14-18-6-9-21(10-7-18)30-13-12-19-4-2-3-5-26(19)30/h2-15,32H,16H2,1H3,(H,29,31)/b23-14-. The van der Waals surface area contributed by atoms with Gasteiger partial charge in [0.1, 0.15) is 5.82 Å². The fourth-order valence-electron chi connectivity index (χ4n) is 4.39. The molecule has 1 aromatic heterocycles. The van der Waals surface area contributed by atoms with E-state index in [1.807, 2.05) is 37.3 Å². The van der Waals surface area contributed by atoms with Crippen LogP contribution in [0.5, 0.6) is 0 Å². The van der Waals surface area contributed by atoms with Crippen molar-refractivity contribution in [1.29, 1.82) is 0 Å². The Balaban J connectivity index is 1.53. The summed E-state index contributed by atoms with van der Waals surface area (Å²) in [7, 11) is 0. The quantitative estimate of drug-likeness (QED) is 0.312. The smallest absolute Gasteiger partial charge is 0.247 e. The van der Waals surface area contributed by atoms with Crippen LogP contribution >= 0.6 is 0 Å². The maximum atomic E-state index is 13.9. The van der Waals surface area contributed by atoms with Gasteiger partial charge in [0, 0.05) is 11.9 Å². The van der Waals surface area contributed by atoms with Crippen LogP contribution in [-0.4, -0.2) is 15.7 Å². The van der Waals surface area contributed by atoms with Gasteiger partial charge in [-0.05, 0) is 88.2 Å². The molecule has 0 saturated carbocycles. The number of hydroxylamine groups is 1. The van der Waals surface area contributed by atoms with Crippen molar-refractivity contribution >= 4 is 34.0 Å². The van der Waals surface area contributed by atoms with Crippen LogP contribution in [-0.2, 0) is 4.79 Å². The summed E-state index contributed by atoms with van der Waals surface area (Å²) in [6, 6.07) is 23.2. The molecule has 1 heterocycles. The fraction of sp³-hybridized carbons (Fsp3) is 0.0741. The Hall–Kier alpha value is -3.96. The molecule has 5 heteroatoms. The van der Waals surface area contributed by atoms with Gasteiger partial charge in [0.2, 0.25) is 5.91 Å². The van der Waals surface area contributed by atoms with Gasteiger partial charge in [-0.15, -0.1) is 0 Å². The lowest BCUT2D eigenvalue weighted by Crippen LogP contribution is -2.18. The van der Waals surface area contributed by atoms with Crippen molar-refractivity contribution in [1.82, 2.24) is 10.0 Å². The number of halogens is 1. The summed E-state index contributed by atoms with van der Waals surface area (Å²) in [6.07, 6.45) is 4.09. The summed E-state index contributed by atoms with van der Waals surface area (Å²) in [4.78, 5) is 11.8. The van der Waals surface area contributed by atoms with E-state index in [2.05, 4.69) is 41.1 Å². The van der Waals surface area contributed by atoms with E-state index in [1.165, 1.54) is 17.5 Å². The molecule has 0 spiro atoms. The second-order valence-electron chi connectivity index (χ2n) is 7.90. The molecule has 0 atom stereocenters. The Morgan fingerprint density at radius 2 is 1.81 bits per heavy atom. The van der Waals surface area contributed by atoms with Gasteiger partial charge < -0.3 is 4.57 Å². The van der Waals surface area contributed by atoms with Gasteiger partial charge in [-0.3, -0.25) is 10.0 Å². The number of carbonyl (C=O) groups is 1. The molecule has 4 nitrogen and oxygen atoms in total. The van der Waals surface area contributed by atoms with Crippen LogP contribution < -0.4 is 5.48 Å². The van der Waals surface area contributed by atoms with Crippen molar-refractivity contribution in [2.45, 2.75) is 13.3 Å². The summed E-state index contributed by atoms with van der Waals surface area (Å²) in [5.74, 6) is -0.887. The highest BCUT2D eigenvalue weighted by atomic mass is 19.1. The molecule has 0 aliphatic heterocycles. The zero-order valence-corrected chi connectivity index (χ0v) is 17.5. The van der Waals surface area contributed by atoms with Gasteiger partial charge >= 0.3 is 0 Å². The Morgan fingerprint density at radius 1 is 1.03 bits per heavy atom. The van der Waals surface area contributed by atoms with E-state index in [0.29, 0.717) is 11.1 Å². The maximum absolute atomic E-state index is 13.9. The minimum Gasteiger partial charge on any atom is -0.317 e. The Morgan fingerprint density at radius 3 is 2.59 bits per heavy atom. The SMILES string of the molecule is CC1=C(CC(=O)NO)c2cc(F)ccc2/C1=C\c1ccc(-n2ccc3ccccc32)cc1. The van der Waals surface area contributed by atoms with Gasteiger partial charge in [0.15, 0.2) is 0 Å². The monoisotopic (exact) mass is 424 g/mol. The number of allylic oxidation sites excluding steroid dienone is 2. The van der Waals surface area contributed by atoms with Gasteiger partial charge in [-0.2, -0.15) is 0 Å². The summed E-state index contributed by atoms with van der Waals surface area (Å²) in [5, 5.41) is 10.1. The second-order valence-corrected chi connectivity index (χ2v) is 7.90. The molecule has 1 aliphatic rings.